The number of hydrogen-bond donors (Lipinski definition) is 0. The Labute approximate surface area is 213 Å². The molecule has 0 spiro atoms. The van der Waals surface area contributed by atoms with E-state index in [-0.39, 0.29) is 24.4 Å². The highest BCUT2D eigenvalue weighted by molar-refractivity contribution is 7.07. The number of hydrogen-bond acceptors (Lipinski definition) is 7. The van der Waals surface area contributed by atoms with E-state index in [9.17, 15) is 9.59 Å². The van der Waals surface area contributed by atoms with E-state index < -0.39 is 12.0 Å². The molecule has 2 aliphatic heterocycles. The molecule has 0 fully saturated rings. The Morgan fingerprint density at radius 1 is 1.17 bits per heavy atom. The van der Waals surface area contributed by atoms with Crippen LogP contribution in [0.5, 0.6) is 11.5 Å². The average molecular weight is 505 g/mol. The molecule has 0 saturated carbocycles. The van der Waals surface area contributed by atoms with Crippen molar-refractivity contribution >= 4 is 23.4 Å². The van der Waals surface area contributed by atoms with Gasteiger partial charge in [0.05, 0.1) is 28.5 Å². The molecule has 0 unspecified atom stereocenters. The first-order valence-corrected chi connectivity index (χ1v) is 12.7. The molecule has 0 amide bonds. The lowest BCUT2D eigenvalue weighted by atomic mass is 9.87. The summed E-state index contributed by atoms with van der Waals surface area (Å²) in [5, 5.41) is 0. The number of allylic oxidation sites excluding steroid dienone is 1. The van der Waals surface area contributed by atoms with E-state index in [1.807, 2.05) is 30.3 Å². The van der Waals surface area contributed by atoms with Crippen molar-refractivity contribution in [2.75, 3.05) is 13.4 Å². The fraction of sp³-hybridized carbons (Fsp3) is 0.321. The number of thiazole rings is 1. The van der Waals surface area contributed by atoms with Gasteiger partial charge in [-0.25, -0.2) is 9.79 Å². The average Bonchev–Trinajstić information content (AvgIpc) is 3.42. The van der Waals surface area contributed by atoms with Crippen LogP contribution in [0.1, 0.15) is 57.4 Å². The SMILES string of the molecule is CCOC(=O)C1=C(C)N=c2s/c(=C\c3ccc(C(C)(C)C)cc3)c(=O)n2[C@@H]1c1ccc2c(c1)OCO2. The van der Waals surface area contributed by atoms with Crippen LogP contribution in [0.15, 0.2) is 63.5 Å². The third-order valence-corrected chi connectivity index (χ3v) is 7.29. The summed E-state index contributed by atoms with van der Waals surface area (Å²) in [6.45, 7) is 10.4. The van der Waals surface area contributed by atoms with Crippen LogP contribution < -0.4 is 24.4 Å². The molecule has 7 nitrogen and oxygen atoms in total. The second kappa shape index (κ2) is 9.09. The van der Waals surface area contributed by atoms with E-state index in [2.05, 4.69) is 37.9 Å². The number of benzene rings is 2. The highest BCUT2D eigenvalue weighted by Crippen LogP contribution is 2.38. The van der Waals surface area contributed by atoms with E-state index >= 15 is 0 Å². The second-order valence-corrected chi connectivity index (χ2v) is 10.8. The molecule has 36 heavy (non-hydrogen) atoms. The third-order valence-electron chi connectivity index (χ3n) is 6.30. The van der Waals surface area contributed by atoms with Gasteiger partial charge in [0.1, 0.15) is 0 Å². The molecule has 2 aromatic carbocycles. The van der Waals surface area contributed by atoms with Crippen molar-refractivity contribution in [2.24, 2.45) is 4.99 Å². The zero-order valence-electron chi connectivity index (χ0n) is 21.0. The van der Waals surface area contributed by atoms with Gasteiger partial charge < -0.3 is 14.2 Å². The molecular formula is C28H28N2O5S. The van der Waals surface area contributed by atoms with Crippen molar-refractivity contribution in [3.05, 3.63) is 90.1 Å². The number of aromatic nitrogens is 1. The maximum Gasteiger partial charge on any atom is 0.338 e. The summed E-state index contributed by atoms with van der Waals surface area (Å²) in [5.74, 6) is 0.711. The van der Waals surface area contributed by atoms with Crippen LogP contribution >= 0.6 is 11.3 Å². The van der Waals surface area contributed by atoms with Crippen molar-refractivity contribution in [1.82, 2.24) is 4.57 Å². The third kappa shape index (κ3) is 4.26. The molecule has 0 aliphatic carbocycles. The largest absolute Gasteiger partial charge is 0.463 e. The standard InChI is InChI=1S/C28H28N2O5S/c1-6-33-26(32)23-16(2)29-27-30(24(23)18-9-12-20-21(14-18)35-15-34-20)25(31)22(36-27)13-17-7-10-19(11-8-17)28(3,4)5/h7-14,24H,6,15H2,1-5H3/b22-13-/t24-/m1/s1. The first kappa shape index (κ1) is 24.1. The summed E-state index contributed by atoms with van der Waals surface area (Å²) in [6.07, 6.45) is 1.87. The van der Waals surface area contributed by atoms with E-state index in [0.29, 0.717) is 32.1 Å². The fourth-order valence-corrected chi connectivity index (χ4v) is 5.47. The van der Waals surface area contributed by atoms with Crippen LogP contribution in [-0.4, -0.2) is 23.9 Å². The minimum absolute atomic E-state index is 0.0451. The topological polar surface area (TPSA) is 79.1 Å². The van der Waals surface area contributed by atoms with Crippen LogP contribution in [0.4, 0.5) is 0 Å². The lowest BCUT2D eigenvalue weighted by Gasteiger charge is -2.24. The first-order valence-electron chi connectivity index (χ1n) is 11.9. The van der Waals surface area contributed by atoms with E-state index in [0.717, 1.165) is 11.1 Å². The summed E-state index contributed by atoms with van der Waals surface area (Å²) >= 11 is 1.31. The molecule has 2 aliphatic rings. The lowest BCUT2D eigenvalue weighted by Crippen LogP contribution is -2.39. The highest BCUT2D eigenvalue weighted by atomic mass is 32.1. The lowest BCUT2D eigenvalue weighted by molar-refractivity contribution is -0.139. The predicted octanol–water partition coefficient (Wildman–Crippen LogP) is 3.82. The van der Waals surface area contributed by atoms with Crippen molar-refractivity contribution in [3.63, 3.8) is 0 Å². The number of ether oxygens (including phenoxy) is 3. The number of rotatable bonds is 4. The molecule has 0 N–H and O–H groups in total. The van der Waals surface area contributed by atoms with E-state index in [1.54, 1.807) is 24.5 Å². The van der Waals surface area contributed by atoms with Crippen LogP contribution in [-0.2, 0) is 14.9 Å². The molecular weight excluding hydrogens is 476 g/mol. The van der Waals surface area contributed by atoms with Gasteiger partial charge in [-0.2, -0.15) is 0 Å². The fourth-order valence-electron chi connectivity index (χ4n) is 4.42. The van der Waals surface area contributed by atoms with Crippen LogP contribution in [0.2, 0.25) is 0 Å². The number of carbonyl (C=O) groups is 1. The number of esters is 1. The Balaban J connectivity index is 1.67. The van der Waals surface area contributed by atoms with Crippen molar-refractivity contribution < 1.29 is 19.0 Å². The zero-order valence-corrected chi connectivity index (χ0v) is 21.8. The Hall–Kier alpha value is -3.65. The highest BCUT2D eigenvalue weighted by Gasteiger charge is 2.34. The predicted molar refractivity (Wildman–Crippen MR) is 138 cm³/mol. The molecule has 3 heterocycles. The maximum atomic E-state index is 13.7. The summed E-state index contributed by atoms with van der Waals surface area (Å²) in [7, 11) is 0. The van der Waals surface area contributed by atoms with Crippen LogP contribution in [0.3, 0.4) is 0 Å². The summed E-state index contributed by atoms with van der Waals surface area (Å²) in [5.41, 5.74) is 3.56. The molecule has 0 radical (unpaired) electrons. The number of nitrogens with zero attached hydrogens (tertiary/aromatic N) is 2. The Morgan fingerprint density at radius 2 is 1.89 bits per heavy atom. The van der Waals surface area contributed by atoms with Gasteiger partial charge in [0, 0.05) is 0 Å². The van der Waals surface area contributed by atoms with E-state index in [1.165, 1.54) is 16.9 Å². The van der Waals surface area contributed by atoms with Crippen molar-refractivity contribution in [3.8, 4) is 11.5 Å². The van der Waals surface area contributed by atoms with Gasteiger partial charge in [-0.15, -0.1) is 0 Å². The summed E-state index contributed by atoms with van der Waals surface area (Å²) < 4.78 is 18.5. The minimum Gasteiger partial charge on any atom is -0.463 e. The first-order chi connectivity index (χ1) is 17.2. The van der Waals surface area contributed by atoms with Gasteiger partial charge in [-0.1, -0.05) is 62.4 Å². The number of carbonyl (C=O) groups excluding carboxylic acids is 1. The van der Waals surface area contributed by atoms with Crippen LogP contribution in [0.25, 0.3) is 6.08 Å². The van der Waals surface area contributed by atoms with Gasteiger partial charge in [-0.05, 0) is 54.2 Å². The van der Waals surface area contributed by atoms with Gasteiger partial charge in [0.2, 0.25) is 6.79 Å². The van der Waals surface area contributed by atoms with Crippen molar-refractivity contribution in [2.45, 2.75) is 46.1 Å². The van der Waals surface area contributed by atoms with Gasteiger partial charge in [0.25, 0.3) is 5.56 Å². The van der Waals surface area contributed by atoms with Gasteiger partial charge in [-0.3, -0.25) is 9.36 Å². The maximum absolute atomic E-state index is 13.7. The van der Waals surface area contributed by atoms with Gasteiger partial charge >= 0.3 is 5.97 Å². The number of fused-ring (bicyclic) bond motifs is 2. The molecule has 0 saturated heterocycles. The summed E-state index contributed by atoms with van der Waals surface area (Å²) in [4.78, 5) is 32.0. The molecule has 1 aromatic heterocycles. The Morgan fingerprint density at radius 3 is 2.58 bits per heavy atom. The summed E-state index contributed by atoms with van der Waals surface area (Å²) in [6, 6.07) is 13.0. The molecule has 1 atom stereocenters. The molecule has 8 heteroatoms. The molecule has 0 bridgehead atoms. The Bertz CT molecular complexity index is 1560. The Kier molecular flexibility index (Phi) is 6.08. The molecule has 186 valence electrons. The normalized spacial score (nSPS) is 17.1. The monoisotopic (exact) mass is 504 g/mol. The molecule has 5 rings (SSSR count). The van der Waals surface area contributed by atoms with Crippen molar-refractivity contribution in [1.29, 1.82) is 0 Å². The quantitative estimate of drug-likeness (QED) is 0.505. The van der Waals surface area contributed by atoms with Crippen LogP contribution in [0, 0.1) is 0 Å². The minimum atomic E-state index is -0.694. The molecule has 3 aromatic rings. The smallest absolute Gasteiger partial charge is 0.338 e. The van der Waals surface area contributed by atoms with E-state index in [4.69, 9.17) is 14.2 Å². The van der Waals surface area contributed by atoms with Gasteiger partial charge in [0.15, 0.2) is 16.3 Å². The second-order valence-electron chi connectivity index (χ2n) is 9.79. The zero-order chi connectivity index (χ0) is 25.6.